The highest BCUT2D eigenvalue weighted by molar-refractivity contribution is 5.87. The van der Waals surface area contributed by atoms with Crippen molar-refractivity contribution in [2.75, 3.05) is 6.61 Å². The zero-order chi connectivity index (χ0) is 19.4. The summed E-state index contributed by atoms with van der Waals surface area (Å²) in [4.78, 5) is 35.1. The number of carboxylic acids is 1. The van der Waals surface area contributed by atoms with Crippen LogP contribution in [0.2, 0.25) is 0 Å². The molecule has 138 valence electrons. The zero-order valence-corrected chi connectivity index (χ0v) is 14.9. The standard InChI is InChI=1S/C19H21NO6/c1-10(2)9-25-13-5-6-14-11(3)15(19(24)26-16(14)7-13)8-17(21)20-12(4)18(22)23/h5-7,12H,1,8-9H2,2-4H3,(H,20,21)(H,22,23). The van der Waals surface area contributed by atoms with Gasteiger partial charge in [-0.25, -0.2) is 4.79 Å². The second kappa shape index (κ2) is 7.86. The highest BCUT2D eigenvalue weighted by atomic mass is 16.5. The third kappa shape index (κ3) is 4.50. The second-order valence-corrected chi connectivity index (χ2v) is 6.20. The second-order valence-electron chi connectivity index (χ2n) is 6.20. The van der Waals surface area contributed by atoms with E-state index in [1.165, 1.54) is 6.92 Å². The summed E-state index contributed by atoms with van der Waals surface area (Å²) in [6, 6.07) is 4.07. The molecule has 0 aliphatic carbocycles. The van der Waals surface area contributed by atoms with Crippen LogP contribution in [0.4, 0.5) is 0 Å². The van der Waals surface area contributed by atoms with Crippen LogP contribution in [-0.2, 0) is 16.0 Å². The summed E-state index contributed by atoms with van der Waals surface area (Å²) < 4.78 is 10.9. The molecule has 0 aliphatic heterocycles. The summed E-state index contributed by atoms with van der Waals surface area (Å²) in [5, 5.41) is 11.8. The first kappa shape index (κ1) is 19.2. The van der Waals surface area contributed by atoms with Gasteiger partial charge in [-0.1, -0.05) is 6.58 Å². The summed E-state index contributed by atoms with van der Waals surface area (Å²) in [7, 11) is 0. The number of nitrogens with one attached hydrogen (secondary N) is 1. The highest BCUT2D eigenvalue weighted by Crippen LogP contribution is 2.24. The van der Waals surface area contributed by atoms with Crippen molar-refractivity contribution in [3.63, 3.8) is 0 Å². The number of carbonyl (C=O) groups excluding carboxylic acids is 1. The van der Waals surface area contributed by atoms with Crippen LogP contribution in [0.15, 0.2) is 39.6 Å². The molecule has 0 radical (unpaired) electrons. The Kier molecular flexibility index (Phi) is 5.82. The van der Waals surface area contributed by atoms with Crippen molar-refractivity contribution in [3.8, 4) is 5.75 Å². The van der Waals surface area contributed by atoms with Gasteiger partial charge < -0.3 is 19.6 Å². The molecule has 7 heteroatoms. The van der Waals surface area contributed by atoms with E-state index in [2.05, 4.69) is 11.9 Å². The lowest BCUT2D eigenvalue weighted by Crippen LogP contribution is -2.39. The molecule has 26 heavy (non-hydrogen) atoms. The van der Waals surface area contributed by atoms with Gasteiger partial charge in [0.2, 0.25) is 5.91 Å². The number of ether oxygens (including phenoxy) is 1. The number of fused-ring (bicyclic) bond motifs is 1. The quantitative estimate of drug-likeness (QED) is 0.580. The maximum absolute atomic E-state index is 12.3. The minimum absolute atomic E-state index is 0.197. The van der Waals surface area contributed by atoms with Gasteiger partial charge in [0, 0.05) is 11.5 Å². The van der Waals surface area contributed by atoms with Gasteiger partial charge in [-0.3, -0.25) is 9.59 Å². The Balaban J connectivity index is 2.30. The van der Waals surface area contributed by atoms with E-state index in [1.54, 1.807) is 25.1 Å². The van der Waals surface area contributed by atoms with E-state index in [-0.39, 0.29) is 12.0 Å². The zero-order valence-electron chi connectivity index (χ0n) is 14.9. The lowest BCUT2D eigenvalue weighted by atomic mass is 10.0. The van der Waals surface area contributed by atoms with Gasteiger partial charge >= 0.3 is 11.6 Å². The van der Waals surface area contributed by atoms with E-state index < -0.39 is 23.5 Å². The van der Waals surface area contributed by atoms with Gasteiger partial charge in [0.15, 0.2) is 0 Å². The molecule has 1 aromatic heterocycles. The fraction of sp³-hybridized carbons (Fsp3) is 0.316. The van der Waals surface area contributed by atoms with Crippen LogP contribution in [0.5, 0.6) is 5.75 Å². The lowest BCUT2D eigenvalue weighted by molar-refractivity contribution is -0.141. The number of aryl methyl sites for hydroxylation is 1. The van der Waals surface area contributed by atoms with Crippen molar-refractivity contribution in [1.29, 1.82) is 0 Å². The van der Waals surface area contributed by atoms with Crippen LogP contribution in [-0.4, -0.2) is 29.6 Å². The fourth-order valence-electron chi connectivity index (χ4n) is 2.39. The molecule has 0 fully saturated rings. The molecule has 1 unspecified atom stereocenters. The molecule has 1 atom stereocenters. The largest absolute Gasteiger partial charge is 0.489 e. The van der Waals surface area contributed by atoms with Crippen molar-refractivity contribution in [3.05, 3.63) is 51.9 Å². The average Bonchev–Trinajstić information content (AvgIpc) is 2.56. The monoisotopic (exact) mass is 359 g/mol. The van der Waals surface area contributed by atoms with Gasteiger partial charge in [-0.2, -0.15) is 0 Å². The Labute approximate surface area is 150 Å². The smallest absolute Gasteiger partial charge is 0.340 e. The van der Waals surface area contributed by atoms with Crippen molar-refractivity contribution in [2.45, 2.75) is 33.2 Å². The number of hydrogen-bond donors (Lipinski definition) is 2. The van der Waals surface area contributed by atoms with Crippen molar-refractivity contribution >= 4 is 22.8 Å². The molecular weight excluding hydrogens is 338 g/mol. The number of amides is 1. The first-order chi connectivity index (χ1) is 12.2. The molecule has 2 rings (SSSR count). The lowest BCUT2D eigenvalue weighted by Gasteiger charge is -2.12. The number of rotatable bonds is 7. The van der Waals surface area contributed by atoms with E-state index in [0.29, 0.717) is 28.9 Å². The molecule has 1 amide bonds. The summed E-state index contributed by atoms with van der Waals surface area (Å²) in [6.45, 7) is 9.02. The molecule has 0 saturated heterocycles. The Morgan fingerprint density at radius 3 is 2.69 bits per heavy atom. The maximum atomic E-state index is 12.3. The van der Waals surface area contributed by atoms with Crippen molar-refractivity contribution in [1.82, 2.24) is 5.32 Å². The van der Waals surface area contributed by atoms with Gasteiger partial charge in [0.05, 0.1) is 12.0 Å². The van der Waals surface area contributed by atoms with Crippen LogP contribution in [0, 0.1) is 6.92 Å². The molecule has 0 bridgehead atoms. The average molecular weight is 359 g/mol. The first-order valence-corrected chi connectivity index (χ1v) is 8.04. The third-order valence-electron chi connectivity index (χ3n) is 3.83. The topological polar surface area (TPSA) is 106 Å². The number of carboxylic acid groups (broad SMARTS) is 1. The number of aliphatic carboxylic acids is 1. The van der Waals surface area contributed by atoms with E-state index >= 15 is 0 Å². The van der Waals surface area contributed by atoms with Crippen LogP contribution >= 0.6 is 0 Å². The summed E-state index contributed by atoms with van der Waals surface area (Å²) in [6.07, 6.45) is -0.254. The molecule has 0 spiro atoms. The molecule has 0 saturated carbocycles. The predicted molar refractivity (Wildman–Crippen MR) is 96.5 cm³/mol. The number of hydrogen-bond acceptors (Lipinski definition) is 5. The van der Waals surface area contributed by atoms with E-state index in [9.17, 15) is 14.4 Å². The number of benzene rings is 1. The minimum Gasteiger partial charge on any atom is -0.489 e. The first-order valence-electron chi connectivity index (χ1n) is 8.04. The van der Waals surface area contributed by atoms with Crippen LogP contribution in [0.1, 0.15) is 25.0 Å². The maximum Gasteiger partial charge on any atom is 0.340 e. The highest BCUT2D eigenvalue weighted by Gasteiger charge is 2.18. The van der Waals surface area contributed by atoms with Crippen molar-refractivity contribution in [2.24, 2.45) is 0 Å². The molecule has 0 aliphatic rings. The fourth-order valence-corrected chi connectivity index (χ4v) is 2.39. The van der Waals surface area contributed by atoms with E-state index in [1.807, 2.05) is 6.92 Å². The van der Waals surface area contributed by atoms with Crippen LogP contribution in [0.3, 0.4) is 0 Å². The van der Waals surface area contributed by atoms with Gasteiger partial charge in [0.1, 0.15) is 24.0 Å². The number of carbonyl (C=O) groups is 2. The Hall–Kier alpha value is -3.09. The molecule has 2 N–H and O–H groups in total. The SMILES string of the molecule is C=C(C)COc1ccc2c(C)c(CC(=O)NC(C)C(=O)O)c(=O)oc2c1. The van der Waals surface area contributed by atoms with E-state index in [4.69, 9.17) is 14.3 Å². The normalized spacial score (nSPS) is 11.8. The summed E-state index contributed by atoms with van der Waals surface area (Å²) >= 11 is 0. The van der Waals surface area contributed by atoms with Crippen LogP contribution in [0.25, 0.3) is 11.0 Å². The van der Waals surface area contributed by atoms with Gasteiger partial charge in [-0.15, -0.1) is 0 Å². The molecule has 1 aromatic carbocycles. The molecular formula is C19H21NO6. The van der Waals surface area contributed by atoms with Gasteiger partial charge in [0.25, 0.3) is 0 Å². The third-order valence-corrected chi connectivity index (χ3v) is 3.83. The minimum atomic E-state index is -1.15. The van der Waals surface area contributed by atoms with E-state index in [0.717, 1.165) is 5.57 Å². The summed E-state index contributed by atoms with van der Waals surface area (Å²) in [5.41, 5.74) is 1.39. The summed E-state index contributed by atoms with van der Waals surface area (Å²) in [5.74, 6) is -1.16. The Bertz CT molecular complexity index is 928. The van der Waals surface area contributed by atoms with Crippen molar-refractivity contribution < 1.29 is 23.8 Å². The molecule has 2 aromatic rings. The Morgan fingerprint density at radius 2 is 2.08 bits per heavy atom. The molecule has 7 nitrogen and oxygen atoms in total. The Morgan fingerprint density at radius 1 is 1.38 bits per heavy atom. The predicted octanol–water partition coefficient (Wildman–Crippen LogP) is 2.19. The molecule has 1 heterocycles. The van der Waals surface area contributed by atoms with Gasteiger partial charge in [-0.05, 0) is 44.0 Å². The van der Waals surface area contributed by atoms with Crippen LogP contribution < -0.4 is 15.7 Å².